The molecule has 3 aromatic carbocycles. The highest BCUT2D eigenvalue weighted by Crippen LogP contribution is 2.40. The summed E-state index contributed by atoms with van der Waals surface area (Å²) in [5, 5.41) is 9.10. The Bertz CT molecular complexity index is 1620. The third kappa shape index (κ3) is 5.68. The summed E-state index contributed by atoms with van der Waals surface area (Å²) in [5.74, 6) is -3.98. The molecule has 0 atom stereocenters. The topological polar surface area (TPSA) is 98.8 Å². The molecule has 192 valence electrons. The SMILES string of the molecule is CCOc1ccccc1Oc1c(C(F)(F)F)oc2cc(OC(=O)C(C#N)=Cc3ccccc3)ccc2c1=O. The number of hydrogen-bond acceptors (Lipinski definition) is 7. The minimum absolute atomic E-state index is 0.105. The summed E-state index contributed by atoms with van der Waals surface area (Å²) >= 11 is 0. The second kappa shape index (κ2) is 10.9. The molecule has 0 spiro atoms. The number of esters is 1. The number of nitriles is 1. The number of nitrogens with zero attached hydrogens (tertiary/aromatic N) is 1. The Morgan fingerprint density at radius 1 is 1.03 bits per heavy atom. The van der Waals surface area contributed by atoms with Crippen molar-refractivity contribution in [3.8, 4) is 29.1 Å². The van der Waals surface area contributed by atoms with Crippen LogP contribution < -0.4 is 19.6 Å². The monoisotopic (exact) mass is 521 g/mol. The quantitative estimate of drug-likeness (QED) is 0.118. The Morgan fingerprint density at radius 3 is 2.37 bits per heavy atom. The van der Waals surface area contributed by atoms with Crippen LogP contribution in [0.25, 0.3) is 17.0 Å². The number of rotatable bonds is 7. The van der Waals surface area contributed by atoms with Crippen molar-refractivity contribution in [2.24, 2.45) is 0 Å². The van der Waals surface area contributed by atoms with Gasteiger partial charge in [-0.15, -0.1) is 0 Å². The normalized spacial score (nSPS) is 11.6. The first-order chi connectivity index (χ1) is 18.2. The summed E-state index contributed by atoms with van der Waals surface area (Å²) in [7, 11) is 0. The van der Waals surface area contributed by atoms with Gasteiger partial charge in [-0.25, -0.2) is 4.79 Å². The van der Waals surface area contributed by atoms with Crippen molar-refractivity contribution in [2.45, 2.75) is 13.1 Å². The number of benzene rings is 3. The van der Waals surface area contributed by atoms with E-state index < -0.39 is 34.7 Å². The summed E-state index contributed by atoms with van der Waals surface area (Å²) in [6.45, 7) is 1.90. The standard InChI is InChI=1S/C28H18F3NO6/c1-2-35-21-10-6-7-11-22(21)37-25-24(33)20-13-12-19(15-23(20)38-26(25)28(29,30)31)36-27(34)18(16-32)14-17-8-4-3-5-9-17/h3-15H,2H2,1H3. The lowest BCUT2D eigenvalue weighted by Gasteiger charge is -2.15. The first-order valence-corrected chi connectivity index (χ1v) is 11.2. The van der Waals surface area contributed by atoms with Crippen LogP contribution in [0, 0.1) is 11.3 Å². The van der Waals surface area contributed by atoms with E-state index >= 15 is 0 Å². The number of hydrogen-bond donors (Lipinski definition) is 0. The number of para-hydroxylation sites is 2. The molecule has 0 aliphatic heterocycles. The molecule has 0 saturated carbocycles. The van der Waals surface area contributed by atoms with Crippen LogP contribution in [0.3, 0.4) is 0 Å². The molecule has 0 aliphatic carbocycles. The van der Waals surface area contributed by atoms with Gasteiger partial charge >= 0.3 is 12.1 Å². The van der Waals surface area contributed by atoms with Crippen molar-refractivity contribution in [3.63, 3.8) is 0 Å². The maximum Gasteiger partial charge on any atom is 0.453 e. The van der Waals surface area contributed by atoms with Crippen molar-refractivity contribution in [2.75, 3.05) is 6.61 Å². The van der Waals surface area contributed by atoms with Gasteiger partial charge < -0.3 is 18.6 Å². The van der Waals surface area contributed by atoms with Crippen molar-refractivity contribution in [1.29, 1.82) is 5.26 Å². The van der Waals surface area contributed by atoms with Crippen LogP contribution in [-0.2, 0) is 11.0 Å². The van der Waals surface area contributed by atoms with E-state index in [9.17, 15) is 28.0 Å². The molecule has 0 fully saturated rings. The predicted octanol–water partition coefficient (Wildman–Crippen LogP) is 6.52. The highest BCUT2D eigenvalue weighted by molar-refractivity contribution is 5.99. The second-order valence-electron chi connectivity index (χ2n) is 7.70. The van der Waals surface area contributed by atoms with Crippen LogP contribution in [0.5, 0.6) is 23.0 Å². The highest BCUT2D eigenvalue weighted by atomic mass is 19.4. The van der Waals surface area contributed by atoms with Gasteiger partial charge in [0.05, 0.1) is 12.0 Å². The van der Waals surface area contributed by atoms with Gasteiger partial charge in [-0.2, -0.15) is 18.4 Å². The second-order valence-corrected chi connectivity index (χ2v) is 7.70. The molecule has 4 rings (SSSR count). The lowest BCUT2D eigenvalue weighted by molar-refractivity contribution is -0.154. The van der Waals surface area contributed by atoms with Gasteiger partial charge in [0.15, 0.2) is 11.5 Å². The van der Waals surface area contributed by atoms with Crippen LogP contribution in [0.4, 0.5) is 13.2 Å². The third-order valence-corrected chi connectivity index (χ3v) is 5.10. The Hall–Kier alpha value is -5.04. The molecule has 0 bridgehead atoms. The van der Waals surface area contributed by atoms with E-state index in [-0.39, 0.29) is 34.8 Å². The maximum absolute atomic E-state index is 13.9. The fourth-order valence-electron chi connectivity index (χ4n) is 3.43. The lowest BCUT2D eigenvalue weighted by Crippen LogP contribution is -2.16. The molecule has 1 aromatic heterocycles. The molecule has 0 aliphatic rings. The van der Waals surface area contributed by atoms with Crippen molar-refractivity contribution < 1.29 is 36.6 Å². The highest BCUT2D eigenvalue weighted by Gasteiger charge is 2.40. The Balaban J connectivity index is 1.73. The Morgan fingerprint density at radius 2 is 1.71 bits per heavy atom. The van der Waals surface area contributed by atoms with E-state index in [0.717, 1.165) is 12.1 Å². The molecule has 7 nitrogen and oxygen atoms in total. The molecular weight excluding hydrogens is 503 g/mol. The van der Waals surface area contributed by atoms with Crippen LogP contribution in [0.1, 0.15) is 18.2 Å². The summed E-state index contributed by atoms with van der Waals surface area (Å²) < 4.78 is 62.7. The Kier molecular flexibility index (Phi) is 7.48. The first kappa shape index (κ1) is 26.0. The van der Waals surface area contributed by atoms with Crippen molar-refractivity contribution in [1.82, 2.24) is 0 Å². The van der Waals surface area contributed by atoms with E-state index in [2.05, 4.69) is 0 Å². The van der Waals surface area contributed by atoms with Crippen LogP contribution >= 0.6 is 0 Å². The summed E-state index contributed by atoms with van der Waals surface area (Å²) in [5.41, 5.74) is -1.36. The molecule has 1 heterocycles. The largest absolute Gasteiger partial charge is 0.490 e. The molecule has 0 saturated heterocycles. The molecule has 0 unspecified atom stereocenters. The number of alkyl halides is 3. The zero-order chi connectivity index (χ0) is 27.3. The minimum Gasteiger partial charge on any atom is -0.490 e. The van der Waals surface area contributed by atoms with E-state index in [1.54, 1.807) is 49.4 Å². The van der Waals surface area contributed by atoms with Gasteiger partial charge in [-0.3, -0.25) is 4.79 Å². The van der Waals surface area contributed by atoms with Crippen LogP contribution in [-0.4, -0.2) is 12.6 Å². The van der Waals surface area contributed by atoms with Crippen LogP contribution in [0.15, 0.2) is 87.6 Å². The molecule has 0 radical (unpaired) electrons. The van der Waals surface area contributed by atoms with Gasteiger partial charge in [-0.1, -0.05) is 42.5 Å². The molecule has 10 heteroatoms. The summed E-state index contributed by atoms with van der Waals surface area (Å²) in [6.07, 6.45) is -3.79. The Labute approximate surface area is 213 Å². The zero-order valence-corrected chi connectivity index (χ0v) is 19.7. The fraction of sp³-hybridized carbons (Fsp3) is 0.107. The van der Waals surface area contributed by atoms with E-state index in [0.29, 0.717) is 5.56 Å². The number of carbonyl (C=O) groups is 1. The van der Waals surface area contributed by atoms with E-state index in [1.807, 2.05) is 0 Å². The number of fused-ring (bicyclic) bond motifs is 1. The molecule has 4 aromatic rings. The van der Waals surface area contributed by atoms with Crippen molar-refractivity contribution >= 4 is 23.0 Å². The van der Waals surface area contributed by atoms with E-state index in [1.165, 1.54) is 30.3 Å². The lowest BCUT2D eigenvalue weighted by atomic mass is 10.1. The summed E-state index contributed by atoms with van der Waals surface area (Å²) in [6, 6.07) is 19.5. The smallest absolute Gasteiger partial charge is 0.453 e. The minimum atomic E-state index is -5.09. The third-order valence-electron chi connectivity index (χ3n) is 5.10. The number of halogens is 3. The predicted molar refractivity (Wildman–Crippen MR) is 131 cm³/mol. The molecule has 0 amide bonds. The van der Waals surface area contributed by atoms with E-state index in [4.69, 9.17) is 18.6 Å². The summed E-state index contributed by atoms with van der Waals surface area (Å²) in [4.78, 5) is 25.6. The molecular formula is C28H18F3NO6. The maximum atomic E-state index is 13.9. The average molecular weight is 521 g/mol. The molecule has 0 N–H and O–H groups in total. The van der Waals surface area contributed by atoms with Crippen LogP contribution in [0.2, 0.25) is 0 Å². The number of carbonyl (C=O) groups excluding carboxylic acids is 1. The fourth-order valence-corrected chi connectivity index (χ4v) is 3.43. The van der Waals surface area contributed by atoms with Gasteiger partial charge in [0, 0.05) is 6.07 Å². The van der Waals surface area contributed by atoms with Gasteiger partial charge in [-0.05, 0) is 42.8 Å². The average Bonchev–Trinajstić information content (AvgIpc) is 2.89. The van der Waals surface area contributed by atoms with Crippen molar-refractivity contribution in [3.05, 3.63) is 99.9 Å². The van der Waals surface area contributed by atoms with Gasteiger partial charge in [0.2, 0.25) is 11.2 Å². The zero-order valence-electron chi connectivity index (χ0n) is 19.7. The van der Waals surface area contributed by atoms with Gasteiger partial charge in [0.25, 0.3) is 5.76 Å². The van der Waals surface area contributed by atoms with Gasteiger partial charge in [0.1, 0.15) is 23.0 Å². The number of ether oxygens (including phenoxy) is 3. The molecule has 38 heavy (non-hydrogen) atoms. The first-order valence-electron chi connectivity index (χ1n) is 11.2.